The van der Waals surface area contributed by atoms with Gasteiger partial charge < -0.3 is 25.2 Å². The van der Waals surface area contributed by atoms with Gasteiger partial charge in [0.05, 0.1) is 6.61 Å². The van der Waals surface area contributed by atoms with Crippen LogP contribution in [0.5, 0.6) is 5.75 Å². The van der Waals surface area contributed by atoms with Crippen LogP contribution in [0.2, 0.25) is 0 Å². The number of amides is 2. The zero-order valence-electron chi connectivity index (χ0n) is 27.8. The minimum absolute atomic E-state index is 0.234. The number of ether oxygens (including phenoxy) is 1. The van der Waals surface area contributed by atoms with Gasteiger partial charge in [0, 0.05) is 54.5 Å². The van der Waals surface area contributed by atoms with Crippen molar-refractivity contribution in [2.75, 3.05) is 19.7 Å². The van der Waals surface area contributed by atoms with E-state index in [0.717, 1.165) is 53.0 Å². The number of nitrogens with one attached hydrogen (secondary N) is 1. The first kappa shape index (κ1) is 34.7. The molecule has 9 nitrogen and oxygen atoms in total. The highest BCUT2D eigenvalue weighted by Gasteiger charge is 2.38. The highest BCUT2D eigenvalue weighted by atomic mass is 16.5. The fourth-order valence-electron chi connectivity index (χ4n) is 5.73. The van der Waals surface area contributed by atoms with Crippen molar-refractivity contribution in [3.8, 4) is 28.3 Å². The molecule has 9 heteroatoms. The van der Waals surface area contributed by atoms with Gasteiger partial charge >= 0.3 is 0 Å². The number of aromatic nitrogens is 2. The molecule has 2 heterocycles. The number of hydrogen-bond donors (Lipinski definition) is 3. The summed E-state index contributed by atoms with van der Waals surface area (Å²) >= 11 is 0. The molecule has 1 aromatic heterocycles. The minimum atomic E-state index is -1.47. The van der Waals surface area contributed by atoms with Gasteiger partial charge in [0.25, 0.3) is 5.91 Å². The third-order valence-corrected chi connectivity index (χ3v) is 8.88. The number of carbonyl (C=O) groups excluding carboxylic acids is 2. The fourth-order valence-corrected chi connectivity index (χ4v) is 5.73. The van der Waals surface area contributed by atoms with Crippen LogP contribution in [-0.2, 0) is 17.6 Å². The highest BCUT2D eigenvalue weighted by Crippen LogP contribution is 2.25. The lowest BCUT2D eigenvalue weighted by molar-refractivity contribution is -0.157. The normalized spacial score (nSPS) is 13.6. The van der Waals surface area contributed by atoms with Gasteiger partial charge in [-0.25, -0.2) is 9.97 Å². The number of nitrogens with zero attached hydrogens (tertiary/aromatic N) is 3. The van der Waals surface area contributed by atoms with Gasteiger partial charge in [-0.15, -0.1) is 0 Å². The second-order valence-electron chi connectivity index (χ2n) is 12.5. The molecule has 4 aromatic rings. The predicted molar refractivity (Wildman–Crippen MR) is 186 cm³/mol. The molecule has 5 rings (SSSR count). The van der Waals surface area contributed by atoms with Gasteiger partial charge in [-0.05, 0) is 53.8 Å². The van der Waals surface area contributed by atoms with E-state index in [2.05, 4.69) is 22.2 Å². The smallest absolute Gasteiger partial charge is 0.251 e. The quantitative estimate of drug-likeness (QED) is 0.103. The zero-order valence-corrected chi connectivity index (χ0v) is 27.8. The van der Waals surface area contributed by atoms with Crippen molar-refractivity contribution >= 4 is 11.8 Å². The van der Waals surface area contributed by atoms with Gasteiger partial charge in [0.2, 0.25) is 5.91 Å². The Hall–Kier alpha value is -4.60. The maximum absolute atomic E-state index is 13.4. The fraction of sp³-hybridized carbons (Fsp3) is 0.385. The first-order valence-corrected chi connectivity index (χ1v) is 17.0. The van der Waals surface area contributed by atoms with Gasteiger partial charge in [-0.1, -0.05) is 88.1 Å². The zero-order chi connectivity index (χ0) is 33.9. The van der Waals surface area contributed by atoms with Crippen LogP contribution in [0.4, 0.5) is 0 Å². The van der Waals surface area contributed by atoms with E-state index in [1.165, 1.54) is 25.7 Å². The molecule has 48 heavy (non-hydrogen) atoms. The van der Waals surface area contributed by atoms with E-state index in [4.69, 9.17) is 4.74 Å². The van der Waals surface area contributed by atoms with Crippen molar-refractivity contribution < 1.29 is 24.5 Å². The van der Waals surface area contributed by atoms with E-state index >= 15 is 0 Å². The average molecular weight is 651 g/mol. The highest BCUT2D eigenvalue weighted by molar-refractivity contribution is 5.97. The number of aliphatic hydroxyl groups is 2. The largest absolute Gasteiger partial charge is 0.494 e. The molecular formula is C39H46N4O5. The molecule has 3 N–H and O–H groups in total. The van der Waals surface area contributed by atoms with Crippen molar-refractivity contribution in [3.63, 3.8) is 0 Å². The Morgan fingerprint density at radius 1 is 0.812 bits per heavy atom. The van der Waals surface area contributed by atoms with Gasteiger partial charge in [0.15, 0.2) is 12.1 Å². The molecule has 1 aliphatic rings. The lowest BCUT2D eigenvalue weighted by Crippen LogP contribution is -2.60. The Kier molecular flexibility index (Phi) is 12.3. The van der Waals surface area contributed by atoms with E-state index in [1.807, 2.05) is 67.6 Å². The maximum Gasteiger partial charge on any atom is 0.251 e. The lowest BCUT2D eigenvalue weighted by Gasteiger charge is -2.41. The summed E-state index contributed by atoms with van der Waals surface area (Å²) < 4.78 is 5.89. The van der Waals surface area contributed by atoms with Crippen LogP contribution in [0.25, 0.3) is 22.5 Å². The maximum atomic E-state index is 13.4. The van der Waals surface area contributed by atoms with Crippen LogP contribution < -0.4 is 10.1 Å². The third kappa shape index (κ3) is 9.27. The molecule has 0 aliphatic carbocycles. The number of unbranched alkanes of at least 4 members (excludes halogenated alkanes) is 4. The second kappa shape index (κ2) is 17.0. The summed E-state index contributed by atoms with van der Waals surface area (Å²) in [5.74, 6) is 0.467. The number of rotatable bonds is 16. The van der Waals surface area contributed by atoms with Crippen LogP contribution in [-0.4, -0.2) is 68.9 Å². The van der Waals surface area contributed by atoms with Gasteiger partial charge in [0.1, 0.15) is 11.8 Å². The minimum Gasteiger partial charge on any atom is -0.494 e. The Labute approximate surface area is 283 Å². The van der Waals surface area contributed by atoms with E-state index in [-0.39, 0.29) is 37.2 Å². The number of benzene rings is 3. The van der Waals surface area contributed by atoms with Crippen molar-refractivity contribution in [2.24, 2.45) is 5.92 Å². The number of aryl methyl sites for hydroxylation is 1. The number of carbonyl (C=O) groups is 2. The van der Waals surface area contributed by atoms with Crippen LogP contribution in [0.1, 0.15) is 67.4 Å². The van der Waals surface area contributed by atoms with Crippen molar-refractivity contribution in [1.82, 2.24) is 20.2 Å². The summed E-state index contributed by atoms with van der Waals surface area (Å²) in [7, 11) is 0. The molecule has 0 radical (unpaired) electrons. The molecule has 1 saturated heterocycles. The van der Waals surface area contributed by atoms with Crippen LogP contribution in [0.3, 0.4) is 0 Å². The summed E-state index contributed by atoms with van der Waals surface area (Å²) in [4.78, 5) is 37.3. The molecule has 0 saturated carbocycles. The van der Waals surface area contributed by atoms with E-state index in [9.17, 15) is 19.8 Å². The van der Waals surface area contributed by atoms with Crippen molar-refractivity contribution in [3.05, 3.63) is 102 Å². The molecule has 1 aliphatic heterocycles. The molecule has 0 unspecified atom stereocenters. The first-order chi connectivity index (χ1) is 23.3. The first-order valence-electron chi connectivity index (χ1n) is 17.0. The Bertz CT molecular complexity index is 1600. The predicted octanol–water partition coefficient (Wildman–Crippen LogP) is 5.83. The second-order valence-corrected chi connectivity index (χ2v) is 12.5. The average Bonchev–Trinajstić information content (AvgIpc) is 3.09. The van der Waals surface area contributed by atoms with Crippen molar-refractivity contribution in [1.29, 1.82) is 0 Å². The molecule has 1 atom stereocenters. The SMILES string of the molecule is CCCCCCCOc1ccc(-c2cnc(-c3ccc(C[C@H](NC(=O)c4ccc(CC)cc4)C(=O)N4CC(C(O)O)C4)cc3)nc2)cc1. The molecular weight excluding hydrogens is 604 g/mol. The summed E-state index contributed by atoms with van der Waals surface area (Å²) in [6.07, 6.45) is 9.32. The standard InChI is InChI=1S/C39H46N4O5/c1-3-5-6-7-8-21-48-34-19-17-29(18-20-34)32-23-40-36(41-24-32)30-13-11-28(12-14-30)22-35(38(45)43-25-33(26-43)39(46)47)42-37(44)31-15-9-27(4-2)10-16-31/h9-20,23-24,33,35,39,46-47H,3-8,21-22,25-26H2,1-2H3,(H,42,44)/t35-/m0/s1. The molecule has 0 bridgehead atoms. The van der Waals surface area contributed by atoms with E-state index in [1.54, 1.807) is 29.4 Å². The van der Waals surface area contributed by atoms with E-state index < -0.39 is 12.3 Å². The lowest BCUT2D eigenvalue weighted by atomic mass is 9.96. The van der Waals surface area contributed by atoms with E-state index in [0.29, 0.717) is 11.4 Å². The number of aliphatic hydroxyl groups excluding tert-OH is 1. The van der Waals surface area contributed by atoms with Gasteiger partial charge in [-0.2, -0.15) is 0 Å². The summed E-state index contributed by atoms with van der Waals surface area (Å²) in [6.45, 7) is 5.46. The topological polar surface area (TPSA) is 125 Å². The molecule has 2 amide bonds. The molecule has 3 aromatic carbocycles. The molecule has 252 valence electrons. The van der Waals surface area contributed by atoms with Gasteiger partial charge in [-0.3, -0.25) is 9.59 Å². The summed E-state index contributed by atoms with van der Waals surface area (Å²) in [5.41, 5.74) is 5.20. The molecule has 0 spiro atoms. The Morgan fingerprint density at radius 3 is 2.06 bits per heavy atom. The van der Waals surface area contributed by atoms with Crippen molar-refractivity contribution in [2.45, 2.75) is 71.1 Å². The van der Waals surface area contributed by atoms with Crippen LogP contribution >= 0.6 is 0 Å². The monoisotopic (exact) mass is 650 g/mol. The number of likely N-dealkylation sites (tertiary alicyclic amines) is 1. The number of hydrogen-bond acceptors (Lipinski definition) is 7. The molecule has 1 fully saturated rings. The Balaban J connectivity index is 1.20. The Morgan fingerprint density at radius 2 is 1.44 bits per heavy atom. The van der Waals surface area contributed by atoms with Crippen LogP contribution in [0, 0.1) is 5.92 Å². The summed E-state index contributed by atoms with van der Waals surface area (Å²) in [5, 5.41) is 21.9. The van der Waals surface area contributed by atoms with Crippen LogP contribution in [0.15, 0.2) is 85.2 Å². The summed E-state index contributed by atoms with van der Waals surface area (Å²) in [6, 6.07) is 22.2. The third-order valence-electron chi connectivity index (χ3n) is 8.88.